The maximum Gasteiger partial charge on any atom is 0.183 e. The molecular formula is C36H52N2O2. The molecule has 3 rings (SSSR count). The molecule has 0 saturated heterocycles. The van der Waals surface area contributed by atoms with Crippen LogP contribution in [0.1, 0.15) is 104 Å². The SMILES string of the molecule is Cc1cc(/C=C/C(=O)C2=CN(C(C)(C)C)CCC2(C)C)c(C)cc1/C=C/C(=O)C1=CN(C(C)(C)C)CCC1(C)C. The Labute approximate surface area is 243 Å². The first kappa shape index (κ1) is 31.6. The number of allylic oxidation sites excluding steroid dienone is 4. The molecule has 2 aliphatic rings. The molecule has 0 radical (unpaired) electrons. The predicted molar refractivity (Wildman–Crippen MR) is 170 cm³/mol. The highest BCUT2D eigenvalue weighted by molar-refractivity contribution is 6.08. The highest BCUT2D eigenvalue weighted by atomic mass is 16.1. The zero-order valence-corrected chi connectivity index (χ0v) is 27.2. The maximum absolute atomic E-state index is 13.3. The second-order valence-corrected chi connectivity index (χ2v) is 15.0. The molecule has 0 atom stereocenters. The van der Waals surface area contributed by atoms with E-state index in [-0.39, 0.29) is 33.5 Å². The third-order valence-electron chi connectivity index (χ3n) is 8.72. The number of rotatable bonds is 6. The number of carbonyl (C=O) groups excluding carboxylic acids is 2. The van der Waals surface area contributed by atoms with Crippen LogP contribution >= 0.6 is 0 Å². The Morgan fingerprint density at radius 3 is 1.30 bits per heavy atom. The molecule has 1 aromatic carbocycles. The highest BCUT2D eigenvalue weighted by Gasteiger charge is 2.36. The summed E-state index contributed by atoms with van der Waals surface area (Å²) in [5.74, 6) is 0.136. The Morgan fingerprint density at radius 1 is 0.675 bits per heavy atom. The fourth-order valence-electron chi connectivity index (χ4n) is 5.44. The van der Waals surface area contributed by atoms with Crippen molar-refractivity contribution in [3.63, 3.8) is 0 Å². The summed E-state index contributed by atoms with van der Waals surface area (Å²) in [6.07, 6.45) is 13.4. The smallest absolute Gasteiger partial charge is 0.183 e. The van der Waals surface area contributed by atoms with Gasteiger partial charge in [-0.3, -0.25) is 9.59 Å². The van der Waals surface area contributed by atoms with E-state index in [0.29, 0.717) is 0 Å². The molecule has 4 nitrogen and oxygen atoms in total. The Kier molecular flexibility index (Phi) is 8.85. The van der Waals surface area contributed by atoms with Crippen molar-refractivity contribution in [1.29, 1.82) is 0 Å². The topological polar surface area (TPSA) is 40.6 Å². The molecular weight excluding hydrogens is 492 g/mol. The third kappa shape index (κ3) is 7.25. The van der Waals surface area contributed by atoms with Gasteiger partial charge < -0.3 is 9.80 Å². The second-order valence-electron chi connectivity index (χ2n) is 15.0. The Balaban J connectivity index is 1.82. The zero-order valence-electron chi connectivity index (χ0n) is 27.2. The molecule has 4 heteroatoms. The summed E-state index contributed by atoms with van der Waals surface area (Å²) in [4.78, 5) is 31.3. The molecule has 0 aromatic heterocycles. The normalized spacial score (nSPS) is 19.7. The molecule has 1 aromatic rings. The first-order valence-electron chi connectivity index (χ1n) is 14.8. The van der Waals surface area contributed by atoms with Gasteiger partial charge in [0.25, 0.3) is 0 Å². The molecule has 0 aliphatic carbocycles. The maximum atomic E-state index is 13.3. The van der Waals surface area contributed by atoms with Crippen molar-refractivity contribution in [1.82, 2.24) is 9.80 Å². The third-order valence-corrected chi connectivity index (χ3v) is 8.72. The fraction of sp³-hybridized carbons (Fsp3) is 0.556. The summed E-state index contributed by atoms with van der Waals surface area (Å²) in [6, 6.07) is 4.21. The van der Waals surface area contributed by atoms with Crippen molar-refractivity contribution in [2.45, 2.75) is 107 Å². The van der Waals surface area contributed by atoms with E-state index >= 15 is 0 Å². The van der Waals surface area contributed by atoms with Gasteiger partial charge in [-0.25, -0.2) is 0 Å². The van der Waals surface area contributed by atoms with Gasteiger partial charge in [0, 0.05) is 47.7 Å². The van der Waals surface area contributed by atoms with Crippen LogP contribution < -0.4 is 0 Å². The molecule has 2 aliphatic heterocycles. The fourth-order valence-corrected chi connectivity index (χ4v) is 5.44. The van der Waals surface area contributed by atoms with Crippen LogP contribution in [0.15, 0.2) is 47.8 Å². The van der Waals surface area contributed by atoms with E-state index in [1.165, 1.54) is 0 Å². The first-order valence-corrected chi connectivity index (χ1v) is 14.8. The van der Waals surface area contributed by atoms with Crippen LogP contribution in [0.3, 0.4) is 0 Å². The minimum Gasteiger partial charge on any atom is -0.372 e. The Hall–Kier alpha value is -2.88. The molecule has 0 bridgehead atoms. The van der Waals surface area contributed by atoms with Gasteiger partial charge in [0.05, 0.1) is 0 Å². The highest BCUT2D eigenvalue weighted by Crippen LogP contribution is 2.39. The van der Waals surface area contributed by atoms with Crippen LogP contribution in [0.25, 0.3) is 12.2 Å². The predicted octanol–water partition coefficient (Wildman–Crippen LogP) is 8.30. The number of carbonyl (C=O) groups is 2. The number of ketones is 2. The van der Waals surface area contributed by atoms with Crippen molar-refractivity contribution in [3.05, 3.63) is 70.1 Å². The van der Waals surface area contributed by atoms with Crippen molar-refractivity contribution in [2.75, 3.05) is 13.1 Å². The van der Waals surface area contributed by atoms with Crippen LogP contribution in [0.4, 0.5) is 0 Å². The van der Waals surface area contributed by atoms with Gasteiger partial charge in [0.2, 0.25) is 0 Å². The molecule has 0 saturated carbocycles. The van der Waals surface area contributed by atoms with E-state index in [1.54, 1.807) is 12.2 Å². The average molecular weight is 545 g/mol. The van der Waals surface area contributed by atoms with Crippen molar-refractivity contribution in [3.8, 4) is 0 Å². The van der Waals surface area contributed by atoms with Gasteiger partial charge >= 0.3 is 0 Å². The van der Waals surface area contributed by atoms with E-state index in [4.69, 9.17) is 0 Å². The first-order chi connectivity index (χ1) is 18.2. The minimum atomic E-state index is -0.151. The lowest BCUT2D eigenvalue weighted by Gasteiger charge is -2.43. The van der Waals surface area contributed by atoms with Crippen molar-refractivity contribution >= 4 is 23.7 Å². The zero-order chi connectivity index (χ0) is 30.3. The van der Waals surface area contributed by atoms with Gasteiger partial charge in [0.1, 0.15) is 0 Å². The van der Waals surface area contributed by atoms with Gasteiger partial charge in [0.15, 0.2) is 11.6 Å². The van der Waals surface area contributed by atoms with E-state index in [2.05, 4.69) is 117 Å². The summed E-state index contributed by atoms with van der Waals surface area (Å²) in [5, 5.41) is 0. The van der Waals surface area contributed by atoms with E-state index in [9.17, 15) is 9.59 Å². The summed E-state index contributed by atoms with van der Waals surface area (Å²) >= 11 is 0. The van der Waals surface area contributed by atoms with Crippen LogP contribution in [-0.2, 0) is 9.59 Å². The van der Waals surface area contributed by atoms with Crippen molar-refractivity contribution in [2.24, 2.45) is 10.8 Å². The number of benzene rings is 1. The number of hydrogen-bond donors (Lipinski definition) is 0. The molecule has 0 fully saturated rings. The molecule has 0 unspecified atom stereocenters. The van der Waals surface area contributed by atoms with Gasteiger partial charge in [-0.2, -0.15) is 0 Å². The summed E-state index contributed by atoms with van der Waals surface area (Å²) in [5.41, 5.74) is 5.59. The lowest BCUT2D eigenvalue weighted by Crippen LogP contribution is -2.44. The molecule has 40 heavy (non-hydrogen) atoms. The van der Waals surface area contributed by atoms with E-state index < -0.39 is 0 Å². The number of nitrogens with zero attached hydrogens (tertiary/aromatic N) is 2. The van der Waals surface area contributed by atoms with Crippen LogP contribution in [-0.4, -0.2) is 45.5 Å². The molecule has 0 amide bonds. The van der Waals surface area contributed by atoms with Gasteiger partial charge in [-0.15, -0.1) is 0 Å². The number of hydrogen-bond acceptors (Lipinski definition) is 4. The lowest BCUT2D eigenvalue weighted by molar-refractivity contribution is -0.113. The van der Waals surface area contributed by atoms with E-state index in [0.717, 1.165) is 59.3 Å². The van der Waals surface area contributed by atoms with Crippen LogP contribution in [0.5, 0.6) is 0 Å². The Morgan fingerprint density at radius 2 is 1.00 bits per heavy atom. The summed E-state index contributed by atoms with van der Waals surface area (Å²) in [7, 11) is 0. The molecule has 0 N–H and O–H groups in total. The standard InChI is InChI=1S/C36H52N2O2/c1-25-21-28(14-16-32(40)30-24-38(34(6,7)8)20-18-36(30,11)12)26(2)22-27(25)13-15-31(39)29-23-37(33(3,4)5)19-17-35(29,9)10/h13-16,21-24H,17-20H2,1-12H3/b15-13+,16-14+. The minimum absolute atomic E-state index is 0.0145. The van der Waals surface area contributed by atoms with Gasteiger partial charge in [-0.05, 0) is 113 Å². The second kappa shape index (κ2) is 11.2. The largest absolute Gasteiger partial charge is 0.372 e. The molecule has 0 spiro atoms. The quantitative estimate of drug-likeness (QED) is 0.338. The van der Waals surface area contributed by atoms with Crippen LogP contribution in [0, 0.1) is 24.7 Å². The van der Waals surface area contributed by atoms with Crippen LogP contribution in [0.2, 0.25) is 0 Å². The van der Waals surface area contributed by atoms with Crippen molar-refractivity contribution < 1.29 is 9.59 Å². The lowest BCUT2D eigenvalue weighted by atomic mass is 9.76. The molecule has 2 heterocycles. The summed E-state index contributed by atoms with van der Waals surface area (Å²) < 4.78 is 0. The monoisotopic (exact) mass is 544 g/mol. The average Bonchev–Trinajstić information content (AvgIpc) is 2.81. The summed E-state index contributed by atoms with van der Waals surface area (Å²) in [6.45, 7) is 27.8. The van der Waals surface area contributed by atoms with E-state index in [1.807, 2.05) is 12.2 Å². The number of aryl methyl sites for hydroxylation is 2. The van der Waals surface area contributed by atoms with Gasteiger partial charge in [-0.1, -0.05) is 52.0 Å². The Bertz CT molecular complexity index is 1170. The molecule has 218 valence electrons.